The molecule has 0 aliphatic rings. The summed E-state index contributed by atoms with van der Waals surface area (Å²) in [6, 6.07) is -0.241. The number of hydrogen-bond acceptors (Lipinski definition) is 2. The zero-order chi connectivity index (χ0) is 15.6. The Bertz CT molecular complexity index is 465. The number of aromatic nitrogens is 2. The van der Waals surface area contributed by atoms with Gasteiger partial charge in [0.1, 0.15) is 0 Å². The molecule has 0 aliphatic heterocycles. The highest BCUT2D eigenvalue weighted by Crippen LogP contribution is 2.21. The van der Waals surface area contributed by atoms with Gasteiger partial charge >= 0.3 is 6.18 Å². The minimum atomic E-state index is -4.19. The molecule has 1 unspecified atom stereocenters. The van der Waals surface area contributed by atoms with Gasteiger partial charge in [-0.2, -0.15) is 18.3 Å². The molecule has 0 fully saturated rings. The average molecular weight is 311 g/mol. The number of aryl methyl sites for hydroxylation is 1. The summed E-state index contributed by atoms with van der Waals surface area (Å²) in [6.07, 6.45) is -2.06. The van der Waals surface area contributed by atoms with E-state index in [-0.39, 0.29) is 12.6 Å². The van der Waals surface area contributed by atoms with Crippen LogP contribution in [0, 0.1) is 0 Å². The number of nitrogens with zero attached hydrogens (tertiary/aromatic N) is 2. The average Bonchev–Trinajstić information content (AvgIpc) is 2.72. The second-order valence-corrected chi connectivity index (χ2v) is 7.62. The normalized spacial score (nSPS) is 16.1. The highest BCUT2D eigenvalue weighted by atomic mass is 32.2. The standard InChI is InChI=1S/C12H20F3N3OS/c1-9(17-20(19)11(2,3)4)10-7-16-18(8-10)6-5-12(13,14)15/h7-9,17H,5-6H2,1-4H3/t9-,20?/m1/s1. The Kier molecular flexibility index (Phi) is 5.37. The molecule has 0 spiro atoms. The Balaban J connectivity index is 2.60. The second kappa shape index (κ2) is 6.26. The van der Waals surface area contributed by atoms with Crippen LogP contribution in [-0.4, -0.2) is 24.9 Å². The maximum Gasteiger partial charge on any atom is 0.390 e. The lowest BCUT2D eigenvalue weighted by Gasteiger charge is -2.21. The summed E-state index contributed by atoms with van der Waals surface area (Å²) in [7, 11) is -1.24. The topological polar surface area (TPSA) is 46.9 Å². The van der Waals surface area contributed by atoms with Gasteiger partial charge in [-0.25, -0.2) is 8.93 Å². The molecule has 0 aromatic carbocycles. The van der Waals surface area contributed by atoms with Crippen molar-refractivity contribution in [2.45, 2.75) is 57.6 Å². The first-order valence-electron chi connectivity index (χ1n) is 6.26. The predicted molar refractivity (Wildman–Crippen MR) is 72.3 cm³/mol. The number of rotatable bonds is 5. The van der Waals surface area contributed by atoms with Crippen molar-refractivity contribution in [2.75, 3.05) is 0 Å². The third kappa shape index (κ3) is 5.62. The van der Waals surface area contributed by atoms with E-state index >= 15 is 0 Å². The first kappa shape index (κ1) is 17.2. The van der Waals surface area contributed by atoms with Crippen molar-refractivity contribution < 1.29 is 17.4 Å². The van der Waals surface area contributed by atoms with Crippen LogP contribution in [0.5, 0.6) is 0 Å². The Morgan fingerprint density at radius 3 is 2.50 bits per heavy atom. The van der Waals surface area contributed by atoms with Crippen LogP contribution in [-0.2, 0) is 17.5 Å². The number of halogens is 3. The van der Waals surface area contributed by atoms with Crippen LogP contribution in [0.25, 0.3) is 0 Å². The van der Waals surface area contributed by atoms with Crippen molar-refractivity contribution in [3.8, 4) is 0 Å². The van der Waals surface area contributed by atoms with Gasteiger partial charge in [0.25, 0.3) is 0 Å². The summed E-state index contributed by atoms with van der Waals surface area (Å²) in [6.45, 7) is 7.12. The minimum absolute atomic E-state index is 0.210. The molecule has 8 heteroatoms. The lowest BCUT2D eigenvalue weighted by atomic mass is 10.2. The first-order valence-corrected chi connectivity index (χ1v) is 7.41. The molecule has 2 atom stereocenters. The molecule has 0 amide bonds. The van der Waals surface area contributed by atoms with E-state index < -0.39 is 28.3 Å². The van der Waals surface area contributed by atoms with Crippen LogP contribution in [0.4, 0.5) is 13.2 Å². The van der Waals surface area contributed by atoms with E-state index in [0.29, 0.717) is 5.56 Å². The van der Waals surface area contributed by atoms with Crippen molar-refractivity contribution >= 4 is 11.0 Å². The first-order chi connectivity index (χ1) is 8.99. The smallest absolute Gasteiger partial charge is 0.272 e. The SMILES string of the molecule is C[C@@H](NS(=O)C(C)(C)C)c1cnn(CCC(F)(F)F)c1. The van der Waals surface area contributed by atoms with Crippen LogP contribution in [0.15, 0.2) is 12.4 Å². The fourth-order valence-corrected chi connectivity index (χ4v) is 2.18. The van der Waals surface area contributed by atoms with Crippen molar-refractivity contribution in [3.63, 3.8) is 0 Å². The molecule has 4 nitrogen and oxygen atoms in total. The van der Waals surface area contributed by atoms with Gasteiger partial charge in [-0.05, 0) is 27.7 Å². The molecule has 1 aromatic rings. The summed E-state index contributed by atoms with van der Waals surface area (Å²) in [5, 5.41) is 3.89. The lowest BCUT2D eigenvalue weighted by molar-refractivity contribution is -0.137. The van der Waals surface area contributed by atoms with E-state index in [4.69, 9.17) is 0 Å². The van der Waals surface area contributed by atoms with E-state index in [1.165, 1.54) is 10.9 Å². The van der Waals surface area contributed by atoms with Crippen LogP contribution >= 0.6 is 0 Å². The van der Waals surface area contributed by atoms with Crippen LogP contribution in [0.2, 0.25) is 0 Å². The van der Waals surface area contributed by atoms with Crippen LogP contribution in [0.1, 0.15) is 45.7 Å². The number of nitrogens with one attached hydrogen (secondary N) is 1. The fraction of sp³-hybridized carbons (Fsp3) is 0.750. The molecule has 0 bridgehead atoms. The molecule has 0 aliphatic carbocycles. The van der Waals surface area contributed by atoms with E-state index in [1.807, 2.05) is 20.8 Å². The number of alkyl halides is 3. The van der Waals surface area contributed by atoms with E-state index in [9.17, 15) is 17.4 Å². The monoisotopic (exact) mass is 311 g/mol. The van der Waals surface area contributed by atoms with Gasteiger partial charge < -0.3 is 0 Å². The molecule has 0 saturated heterocycles. The Hall–Kier alpha value is -0.890. The summed E-state index contributed by atoms with van der Waals surface area (Å²) < 4.78 is 52.1. The number of hydrogen-bond donors (Lipinski definition) is 1. The molecule has 0 radical (unpaired) electrons. The quantitative estimate of drug-likeness (QED) is 0.909. The van der Waals surface area contributed by atoms with Gasteiger partial charge in [-0.15, -0.1) is 0 Å². The highest BCUT2D eigenvalue weighted by Gasteiger charge is 2.27. The fourth-order valence-electron chi connectivity index (χ4n) is 1.37. The van der Waals surface area contributed by atoms with Crippen molar-refractivity contribution in [2.24, 2.45) is 0 Å². The third-order valence-electron chi connectivity index (χ3n) is 2.62. The molecule has 1 N–H and O–H groups in total. The maximum absolute atomic E-state index is 12.1. The van der Waals surface area contributed by atoms with E-state index in [2.05, 4.69) is 9.82 Å². The summed E-state index contributed by atoms with van der Waals surface area (Å²) >= 11 is 0. The summed E-state index contributed by atoms with van der Waals surface area (Å²) in [4.78, 5) is 0. The van der Waals surface area contributed by atoms with E-state index in [0.717, 1.165) is 0 Å². The second-order valence-electron chi connectivity index (χ2n) is 5.62. The Morgan fingerprint density at radius 1 is 1.40 bits per heavy atom. The highest BCUT2D eigenvalue weighted by molar-refractivity contribution is 7.84. The molecular formula is C12H20F3N3OS. The van der Waals surface area contributed by atoms with Crippen molar-refractivity contribution in [1.82, 2.24) is 14.5 Å². The van der Waals surface area contributed by atoms with Gasteiger partial charge in [0.15, 0.2) is 0 Å². The predicted octanol–water partition coefficient (Wildman–Crippen LogP) is 2.95. The minimum Gasteiger partial charge on any atom is -0.272 e. The molecule has 20 heavy (non-hydrogen) atoms. The molecule has 1 aromatic heterocycles. The van der Waals surface area contributed by atoms with E-state index in [1.54, 1.807) is 13.1 Å². The van der Waals surface area contributed by atoms with Gasteiger partial charge in [0, 0.05) is 24.3 Å². The van der Waals surface area contributed by atoms with Crippen molar-refractivity contribution in [3.05, 3.63) is 18.0 Å². The van der Waals surface area contributed by atoms with Gasteiger partial charge in [0.05, 0.1) is 28.4 Å². The Labute approximate surface area is 119 Å². The van der Waals surface area contributed by atoms with Gasteiger partial charge in [0.2, 0.25) is 0 Å². The largest absolute Gasteiger partial charge is 0.390 e. The van der Waals surface area contributed by atoms with Crippen molar-refractivity contribution in [1.29, 1.82) is 0 Å². The maximum atomic E-state index is 12.1. The Morgan fingerprint density at radius 2 is 2.00 bits per heavy atom. The zero-order valence-electron chi connectivity index (χ0n) is 12.0. The van der Waals surface area contributed by atoms with Gasteiger partial charge in [-0.3, -0.25) is 4.68 Å². The zero-order valence-corrected chi connectivity index (χ0v) is 12.8. The lowest BCUT2D eigenvalue weighted by Crippen LogP contribution is -2.34. The van der Waals surface area contributed by atoms with Gasteiger partial charge in [-0.1, -0.05) is 0 Å². The molecule has 0 saturated carbocycles. The molecule has 116 valence electrons. The third-order valence-corrected chi connectivity index (χ3v) is 4.30. The molecule has 1 heterocycles. The molecular weight excluding hydrogens is 291 g/mol. The summed E-state index contributed by atoms with van der Waals surface area (Å²) in [5.41, 5.74) is 0.713. The molecule has 1 rings (SSSR count). The van der Waals surface area contributed by atoms with Crippen LogP contribution in [0.3, 0.4) is 0 Å². The summed E-state index contributed by atoms with van der Waals surface area (Å²) in [5.74, 6) is 0. The van der Waals surface area contributed by atoms with Crippen LogP contribution < -0.4 is 4.72 Å².